The molecule has 0 spiro atoms. The molecular formula is C12H12N8O. The van der Waals surface area contributed by atoms with E-state index in [1.807, 2.05) is 13.0 Å². The lowest BCUT2D eigenvalue weighted by atomic mass is 10.1. The Hall–Kier alpha value is -3.10. The zero-order valence-corrected chi connectivity index (χ0v) is 11.2. The molecule has 0 aromatic carbocycles. The van der Waals surface area contributed by atoms with Crippen LogP contribution in [-0.4, -0.2) is 41.3 Å². The van der Waals surface area contributed by atoms with Crippen LogP contribution in [0.3, 0.4) is 0 Å². The summed E-state index contributed by atoms with van der Waals surface area (Å²) in [7, 11) is 0. The van der Waals surface area contributed by atoms with Gasteiger partial charge >= 0.3 is 0 Å². The first kappa shape index (κ1) is 12.9. The third-order valence-corrected chi connectivity index (χ3v) is 3.02. The molecule has 0 saturated carbocycles. The van der Waals surface area contributed by atoms with E-state index in [1.165, 1.54) is 17.2 Å². The molecule has 0 saturated heterocycles. The lowest BCUT2D eigenvalue weighted by molar-refractivity contribution is 0.0951. The minimum absolute atomic E-state index is 0.259. The molecule has 0 aliphatic heterocycles. The molecule has 3 aromatic heterocycles. The minimum Gasteiger partial charge on any atom is -0.348 e. The van der Waals surface area contributed by atoms with E-state index in [1.54, 1.807) is 12.4 Å². The Morgan fingerprint density at radius 3 is 3.10 bits per heavy atom. The maximum absolute atomic E-state index is 12.2. The summed E-state index contributed by atoms with van der Waals surface area (Å²) >= 11 is 0. The first-order chi connectivity index (χ1) is 10.3. The Morgan fingerprint density at radius 2 is 2.33 bits per heavy atom. The predicted molar refractivity (Wildman–Crippen MR) is 71.4 cm³/mol. The lowest BCUT2D eigenvalue weighted by Crippen LogP contribution is -2.24. The number of aromatic nitrogens is 7. The van der Waals surface area contributed by atoms with Crippen molar-refractivity contribution in [1.82, 2.24) is 40.7 Å². The third-order valence-electron chi connectivity index (χ3n) is 3.02. The number of carbonyl (C=O) groups is 1. The van der Waals surface area contributed by atoms with Crippen molar-refractivity contribution in [2.75, 3.05) is 0 Å². The fourth-order valence-electron chi connectivity index (χ4n) is 1.86. The lowest BCUT2D eigenvalue weighted by Gasteiger charge is -2.07. The van der Waals surface area contributed by atoms with Gasteiger partial charge in [0.15, 0.2) is 5.82 Å². The maximum Gasteiger partial charge on any atom is 0.257 e. The van der Waals surface area contributed by atoms with Crippen LogP contribution in [0.2, 0.25) is 0 Å². The first-order valence-corrected chi connectivity index (χ1v) is 6.20. The molecule has 0 aliphatic rings. The third kappa shape index (κ3) is 2.61. The molecule has 0 unspecified atom stereocenters. The summed E-state index contributed by atoms with van der Waals surface area (Å²) in [6.45, 7) is 2.35. The zero-order chi connectivity index (χ0) is 14.7. The fourth-order valence-corrected chi connectivity index (χ4v) is 1.86. The molecule has 0 bridgehead atoms. The number of rotatable bonds is 4. The summed E-state index contributed by atoms with van der Waals surface area (Å²) in [6, 6.07) is 1.87. The van der Waals surface area contributed by atoms with Crippen molar-refractivity contribution in [2.45, 2.75) is 13.5 Å². The molecule has 0 aliphatic carbocycles. The highest BCUT2D eigenvalue weighted by Gasteiger charge is 2.16. The van der Waals surface area contributed by atoms with E-state index in [2.05, 4.69) is 36.0 Å². The van der Waals surface area contributed by atoms with E-state index in [9.17, 15) is 4.79 Å². The smallest absolute Gasteiger partial charge is 0.257 e. The second-order valence-electron chi connectivity index (χ2n) is 4.37. The molecule has 0 atom stereocenters. The van der Waals surface area contributed by atoms with Gasteiger partial charge in [-0.25, -0.2) is 0 Å². The second kappa shape index (κ2) is 5.49. The number of hydrogen-bond acceptors (Lipinski definition) is 6. The number of pyridine rings is 1. The van der Waals surface area contributed by atoms with E-state index >= 15 is 0 Å². The number of H-pyrrole nitrogens is 1. The van der Waals surface area contributed by atoms with Crippen LogP contribution in [0, 0.1) is 6.92 Å². The van der Waals surface area contributed by atoms with E-state index in [-0.39, 0.29) is 5.91 Å². The molecule has 9 heteroatoms. The van der Waals surface area contributed by atoms with Crippen molar-refractivity contribution in [3.8, 4) is 5.82 Å². The van der Waals surface area contributed by atoms with Crippen LogP contribution in [-0.2, 0) is 6.54 Å². The van der Waals surface area contributed by atoms with Gasteiger partial charge in [0.1, 0.15) is 11.9 Å². The van der Waals surface area contributed by atoms with E-state index in [4.69, 9.17) is 0 Å². The normalized spacial score (nSPS) is 10.5. The number of aromatic amines is 1. The number of amides is 1. The number of carbonyl (C=O) groups excluding carboxylic acids is 1. The van der Waals surface area contributed by atoms with Gasteiger partial charge in [-0.05, 0) is 34.5 Å². The Bertz CT molecular complexity index is 748. The Kier molecular flexibility index (Phi) is 3.37. The molecule has 2 N–H and O–H groups in total. The van der Waals surface area contributed by atoms with Gasteiger partial charge in [0.05, 0.1) is 6.20 Å². The van der Waals surface area contributed by atoms with Gasteiger partial charge in [-0.3, -0.25) is 14.9 Å². The summed E-state index contributed by atoms with van der Waals surface area (Å²) in [5, 5.41) is 20.2. The van der Waals surface area contributed by atoms with E-state index in [0.29, 0.717) is 17.9 Å². The quantitative estimate of drug-likeness (QED) is 0.698. The number of nitrogens with one attached hydrogen (secondary N) is 2. The fraction of sp³-hybridized carbons (Fsp3) is 0.167. The Morgan fingerprint density at radius 1 is 1.43 bits per heavy atom. The summed E-state index contributed by atoms with van der Waals surface area (Å²) in [5.74, 6) is 0.161. The van der Waals surface area contributed by atoms with Crippen molar-refractivity contribution >= 4 is 5.91 Å². The standard InChI is InChI=1S/C12H12N8O/c1-8-4-13-3-2-9(8)5-14-12(21)10-6-15-17-11(10)20-7-16-18-19-20/h2-4,6-7H,5H2,1H3,(H,14,21)(H,15,17). The average molecular weight is 284 g/mol. The van der Waals surface area contributed by atoms with E-state index < -0.39 is 0 Å². The van der Waals surface area contributed by atoms with Crippen molar-refractivity contribution in [3.05, 3.63) is 47.7 Å². The molecule has 0 radical (unpaired) electrons. The van der Waals surface area contributed by atoms with Gasteiger partial charge < -0.3 is 5.32 Å². The van der Waals surface area contributed by atoms with Crippen LogP contribution in [0.4, 0.5) is 0 Å². The number of aryl methyl sites for hydroxylation is 1. The minimum atomic E-state index is -0.259. The first-order valence-electron chi connectivity index (χ1n) is 6.20. The van der Waals surface area contributed by atoms with Crippen LogP contribution in [0.15, 0.2) is 31.0 Å². The molecule has 1 amide bonds. The molecule has 106 valence electrons. The summed E-state index contributed by atoms with van der Waals surface area (Å²) in [6.07, 6.45) is 6.27. The van der Waals surface area contributed by atoms with Crippen molar-refractivity contribution in [1.29, 1.82) is 0 Å². The molecule has 3 heterocycles. The van der Waals surface area contributed by atoms with Crippen LogP contribution in [0.5, 0.6) is 0 Å². The molecule has 0 fully saturated rings. The topological polar surface area (TPSA) is 114 Å². The van der Waals surface area contributed by atoms with Gasteiger partial charge in [0.2, 0.25) is 0 Å². The maximum atomic E-state index is 12.2. The number of tetrazole rings is 1. The molecular weight excluding hydrogens is 272 g/mol. The largest absolute Gasteiger partial charge is 0.348 e. The van der Waals surface area contributed by atoms with Crippen molar-refractivity contribution in [2.24, 2.45) is 0 Å². The summed E-state index contributed by atoms with van der Waals surface area (Å²) < 4.78 is 1.35. The second-order valence-corrected chi connectivity index (χ2v) is 4.37. The number of nitrogens with zero attached hydrogens (tertiary/aromatic N) is 6. The van der Waals surface area contributed by atoms with Crippen molar-refractivity contribution < 1.29 is 4.79 Å². The SMILES string of the molecule is Cc1cnccc1CNC(=O)c1cn[nH]c1-n1cnnn1. The number of hydrogen-bond donors (Lipinski definition) is 2. The van der Waals surface area contributed by atoms with Crippen LogP contribution in [0.1, 0.15) is 21.5 Å². The van der Waals surface area contributed by atoms with Crippen LogP contribution < -0.4 is 5.32 Å². The predicted octanol–water partition coefficient (Wildman–Crippen LogP) is 0.0188. The van der Waals surface area contributed by atoms with Gasteiger partial charge in [-0.15, -0.1) is 5.10 Å². The van der Waals surface area contributed by atoms with Crippen LogP contribution >= 0.6 is 0 Å². The van der Waals surface area contributed by atoms with Crippen LogP contribution in [0.25, 0.3) is 5.82 Å². The Labute approximate surface area is 119 Å². The van der Waals surface area contributed by atoms with Gasteiger partial charge in [-0.2, -0.15) is 9.78 Å². The molecule has 9 nitrogen and oxygen atoms in total. The van der Waals surface area contributed by atoms with Crippen molar-refractivity contribution in [3.63, 3.8) is 0 Å². The summed E-state index contributed by atoms with van der Waals surface area (Å²) in [5.41, 5.74) is 2.39. The van der Waals surface area contributed by atoms with Gasteiger partial charge in [-0.1, -0.05) is 0 Å². The monoisotopic (exact) mass is 284 g/mol. The molecule has 3 aromatic rings. The average Bonchev–Trinajstić information content (AvgIpc) is 3.16. The highest BCUT2D eigenvalue weighted by molar-refractivity contribution is 5.96. The highest BCUT2D eigenvalue weighted by atomic mass is 16.1. The zero-order valence-electron chi connectivity index (χ0n) is 11.2. The van der Waals surface area contributed by atoms with Gasteiger partial charge in [0, 0.05) is 18.9 Å². The molecule has 3 rings (SSSR count). The Balaban J connectivity index is 1.75. The van der Waals surface area contributed by atoms with Gasteiger partial charge in [0.25, 0.3) is 5.91 Å². The molecule has 21 heavy (non-hydrogen) atoms. The summed E-state index contributed by atoms with van der Waals surface area (Å²) in [4.78, 5) is 16.3. The van der Waals surface area contributed by atoms with E-state index in [0.717, 1.165) is 11.1 Å². The highest BCUT2D eigenvalue weighted by Crippen LogP contribution is 2.09.